The van der Waals surface area contributed by atoms with Crippen molar-refractivity contribution in [1.29, 1.82) is 0 Å². The monoisotopic (exact) mass is 513 g/mol. The smallest absolute Gasteiger partial charge is 0.265 e. The van der Waals surface area contributed by atoms with Crippen LogP contribution in [0.25, 0.3) is 0 Å². The maximum absolute atomic E-state index is 12.9. The van der Waals surface area contributed by atoms with Crippen molar-refractivity contribution in [2.45, 2.75) is 41.0 Å². The Kier molecular flexibility index (Phi) is 6.48. The van der Waals surface area contributed by atoms with Crippen molar-refractivity contribution in [3.63, 3.8) is 0 Å². The maximum Gasteiger partial charge on any atom is 0.265 e. The predicted molar refractivity (Wildman–Crippen MR) is 130 cm³/mol. The van der Waals surface area contributed by atoms with Crippen LogP contribution in [-0.2, 0) is 13.3 Å². The van der Waals surface area contributed by atoms with Crippen molar-refractivity contribution in [2.24, 2.45) is 0 Å². The summed E-state index contributed by atoms with van der Waals surface area (Å²) in [5.74, 6) is 0.651. The minimum Gasteiger partial charge on any atom is -0.489 e. The van der Waals surface area contributed by atoms with Gasteiger partial charge in [0.15, 0.2) is 0 Å². The Morgan fingerprint density at radius 1 is 1.06 bits per heavy atom. The number of rotatable bonds is 7. The van der Waals surface area contributed by atoms with E-state index in [9.17, 15) is 4.79 Å². The summed E-state index contributed by atoms with van der Waals surface area (Å²) in [6.45, 7) is 8.70. The molecular weight excluding hydrogens is 490 g/mol. The summed E-state index contributed by atoms with van der Waals surface area (Å²) in [6, 6.07) is 11.5. The molecule has 0 aliphatic carbocycles. The predicted octanol–water partition coefficient (Wildman–Crippen LogP) is 5.47. The van der Waals surface area contributed by atoms with Crippen molar-refractivity contribution in [3.8, 4) is 5.75 Å². The first kappa shape index (κ1) is 22.3. The largest absolute Gasteiger partial charge is 0.489 e. The van der Waals surface area contributed by atoms with E-state index in [1.165, 1.54) is 11.3 Å². The van der Waals surface area contributed by atoms with Crippen molar-refractivity contribution in [1.82, 2.24) is 19.6 Å². The van der Waals surface area contributed by atoms with Crippen LogP contribution in [0.1, 0.15) is 38.0 Å². The highest BCUT2D eigenvalue weighted by atomic mass is 79.9. The summed E-state index contributed by atoms with van der Waals surface area (Å²) in [5.41, 5.74) is 5.30. The number of anilines is 1. The zero-order valence-corrected chi connectivity index (χ0v) is 20.7. The first-order chi connectivity index (χ1) is 15.3. The standard InChI is InChI=1S/C23H24BrN5O2S/c1-14-21(24)16(3)28(26-14)13-29-17(4)22(15(2)27-29)25-23(30)20-10-18(12-32-20)11-31-19-8-6-5-7-9-19/h5-10,12H,11,13H2,1-4H3,(H,25,30). The fraction of sp³-hybridized carbons (Fsp3) is 0.261. The average Bonchev–Trinajstić information content (AvgIpc) is 3.43. The van der Waals surface area contributed by atoms with E-state index in [4.69, 9.17) is 4.74 Å². The van der Waals surface area contributed by atoms with Crippen LogP contribution < -0.4 is 10.1 Å². The van der Waals surface area contributed by atoms with Crippen LogP contribution in [0.15, 0.2) is 46.3 Å². The molecule has 0 unspecified atom stereocenters. The van der Waals surface area contributed by atoms with Gasteiger partial charge in [-0.15, -0.1) is 11.3 Å². The van der Waals surface area contributed by atoms with Gasteiger partial charge in [-0.3, -0.25) is 4.79 Å². The Labute approximate surface area is 199 Å². The molecule has 0 spiro atoms. The molecule has 4 rings (SSSR count). The van der Waals surface area contributed by atoms with Crippen molar-refractivity contribution in [3.05, 3.63) is 79.5 Å². The summed E-state index contributed by atoms with van der Waals surface area (Å²) in [4.78, 5) is 13.5. The van der Waals surface area contributed by atoms with Gasteiger partial charge in [0.05, 0.1) is 37.8 Å². The number of carbonyl (C=O) groups is 1. The number of amides is 1. The fourth-order valence-corrected chi connectivity index (χ4v) is 4.46. The molecule has 0 fully saturated rings. The number of aryl methyl sites for hydroxylation is 2. The molecule has 1 N–H and O–H groups in total. The van der Waals surface area contributed by atoms with Gasteiger partial charge >= 0.3 is 0 Å². The van der Waals surface area contributed by atoms with Gasteiger partial charge in [0.2, 0.25) is 0 Å². The van der Waals surface area contributed by atoms with E-state index in [0.29, 0.717) is 18.2 Å². The van der Waals surface area contributed by atoms with Gasteiger partial charge in [-0.05, 0) is 67.2 Å². The average molecular weight is 514 g/mol. The van der Waals surface area contributed by atoms with Gasteiger partial charge in [-0.1, -0.05) is 18.2 Å². The van der Waals surface area contributed by atoms with Crippen LogP contribution in [0, 0.1) is 27.7 Å². The number of nitrogens with zero attached hydrogens (tertiary/aromatic N) is 4. The molecule has 32 heavy (non-hydrogen) atoms. The lowest BCUT2D eigenvalue weighted by Crippen LogP contribution is -2.15. The Balaban J connectivity index is 1.44. The van der Waals surface area contributed by atoms with Crippen molar-refractivity contribution in [2.75, 3.05) is 5.32 Å². The van der Waals surface area contributed by atoms with E-state index < -0.39 is 0 Å². The minimum atomic E-state index is -0.152. The van der Waals surface area contributed by atoms with Crippen molar-refractivity contribution >= 4 is 38.9 Å². The van der Waals surface area contributed by atoms with Gasteiger partial charge < -0.3 is 10.1 Å². The van der Waals surface area contributed by atoms with E-state index in [2.05, 4.69) is 31.4 Å². The molecular formula is C23H24BrN5O2S. The lowest BCUT2D eigenvalue weighted by atomic mass is 10.3. The summed E-state index contributed by atoms with van der Waals surface area (Å²) in [7, 11) is 0. The summed E-state index contributed by atoms with van der Waals surface area (Å²) in [5, 5.41) is 14.1. The fourth-order valence-electron chi connectivity index (χ4n) is 3.38. The summed E-state index contributed by atoms with van der Waals surface area (Å²) in [6.07, 6.45) is 0. The Morgan fingerprint density at radius 3 is 2.44 bits per heavy atom. The van der Waals surface area contributed by atoms with Crippen LogP contribution in [-0.4, -0.2) is 25.5 Å². The SMILES string of the molecule is Cc1nn(Cn2nc(C)c(NC(=O)c3cc(COc4ccccc4)cs3)c2C)c(C)c1Br. The number of halogens is 1. The van der Waals surface area contributed by atoms with Crippen LogP contribution in [0.2, 0.25) is 0 Å². The minimum absolute atomic E-state index is 0.152. The van der Waals surface area contributed by atoms with E-state index >= 15 is 0 Å². The zero-order valence-electron chi connectivity index (χ0n) is 18.3. The molecule has 0 saturated heterocycles. The molecule has 7 nitrogen and oxygen atoms in total. The third-order valence-corrected chi connectivity index (χ3v) is 7.33. The Bertz CT molecular complexity index is 1260. The third-order valence-electron chi connectivity index (χ3n) is 5.21. The van der Waals surface area contributed by atoms with Crippen LogP contribution in [0.3, 0.4) is 0 Å². The first-order valence-electron chi connectivity index (χ1n) is 10.1. The van der Waals surface area contributed by atoms with Gasteiger partial charge in [0.1, 0.15) is 19.0 Å². The van der Waals surface area contributed by atoms with Crippen LogP contribution in [0.5, 0.6) is 5.75 Å². The molecule has 3 heterocycles. The quantitative estimate of drug-likeness (QED) is 0.355. The molecule has 0 saturated carbocycles. The summed E-state index contributed by atoms with van der Waals surface area (Å²) < 4.78 is 10.5. The van der Waals surface area contributed by atoms with Gasteiger partial charge in [-0.25, -0.2) is 9.36 Å². The molecule has 1 amide bonds. The van der Waals surface area contributed by atoms with Gasteiger partial charge in [-0.2, -0.15) is 10.2 Å². The number of carbonyl (C=O) groups excluding carboxylic acids is 1. The molecule has 4 aromatic rings. The second-order valence-corrected chi connectivity index (χ2v) is 9.25. The molecule has 9 heteroatoms. The first-order valence-corrected chi connectivity index (χ1v) is 11.8. The van der Waals surface area contributed by atoms with E-state index in [1.807, 2.05) is 78.8 Å². The third kappa shape index (κ3) is 4.63. The lowest BCUT2D eigenvalue weighted by molar-refractivity contribution is 0.103. The molecule has 0 aliphatic heterocycles. The number of benzene rings is 1. The molecule has 0 atom stereocenters. The maximum atomic E-state index is 12.9. The number of hydrogen-bond donors (Lipinski definition) is 1. The molecule has 0 bridgehead atoms. The van der Waals surface area contributed by atoms with E-state index in [1.54, 1.807) is 0 Å². The van der Waals surface area contributed by atoms with Crippen LogP contribution in [0.4, 0.5) is 5.69 Å². The lowest BCUT2D eigenvalue weighted by Gasteiger charge is -2.08. The molecule has 1 aromatic carbocycles. The number of aromatic nitrogens is 4. The van der Waals surface area contributed by atoms with Gasteiger partial charge in [0.25, 0.3) is 5.91 Å². The van der Waals surface area contributed by atoms with Crippen molar-refractivity contribution < 1.29 is 9.53 Å². The van der Waals surface area contributed by atoms with Gasteiger partial charge in [0, 0.05) is 5.56 Å². The van der Waals surface area contributed by atoms with Crippen LogP contribution >= 0.6 is 27.3 Å². The Morgan fingerprint density at radius 2 is 1.75 bits per heavy atom. The molecule has 0 radical (unpaired) electrons. The number of para-hydroxylation sites is 1. The number of hydrogen-bond acceptors (Lipinski definition) is 5. The number of ether oxygens (including phenoxy) is 1. The Hall–Kier alpha value is -2.91. The zero-order chi connectivity index (χ0) is 22.8. The normalized spacial score (nSPS) is 11.0. The number of nitrogens with one attached hydrogen (secondary N) is 1. The molecule has 166 valence electrons. The number of thiophene rings is 1. The topological polar surface area (TPSA) is 74.0 Å². The highest BCUT2D eigenvalue weighted by molar-refractivity contribution is 9.10. The molecule has 0 aliphatic rings. The van der Waals surface area contributed by atoms with E-state index in [0.717, 1.165) is 44.2 Å². The second kappa shape index (κ2) is 9.30. The van der Waals surface area contributed by atoms with E-state index in [-0.39, 0.29) is 5.91 Å². The highest BCUT2D eigenvalue weighted by Gasteiger charge is 2.18. The second-order valence-electron chi connectivity index (χ2n) is 7.55. The molecule has 3 aromatic heterocycles. The highest BCUT2D eigenvalue weighted by Crippen LogP contribution is 2.24. The summed E-state index contributed by atoms with van der Waals surface area (Å²) >= 11 is 4.96.